The zero-order valence-electron chi connectivity index (χ0n) is 12.0. The van der Waals surface area contributed by atoms with Crippen LogP contribution < -0.4 is 4.74 Å². The van der Waals surface area contributed by atoms with E-state index >= 15 is 0 Å². The van der Waals surface area contributed by atoms with Gasteiger partial charge in [-0.2, -0.15) is 0 Å². The van der Waals surface area contributed by atoms with Gasteiger partial charge in [0.2, 0.25) is 0 Å². The largest absolute Gasteiger partial charge is 0.494 e. The summed E-state index contributed by atoms with van der Waals surface area (Å²) in [6, 6.07) is 14.7. The van der Waals surface area contributed by atoms with Gasteiger partial charge in [-0.3, -0.25) is 0 Å². The molecule has 0 spiro atoms. The van der Waals surface area contributed by atoms with E-state index in [0.29, 0.717) is 0 Å². The Morgan fingerprint density at radius 3 is 2.25 bits per heavy atom. The maximum Gasteiger partial charge on any atom is 0.119 e. The van der Waals surface area contributed by atoms with Crippen LogP contribution in [0.1, 0.15) is 38.5 Å². The third kappa shape index (κ3) is 5.16. The first kappa shape index (κ1) is 15.4. The summed E-state index contributed by atoms with van der Waals surface area (Å²) < 4.78 is 5.83. The molecule has 2 rings (SSSR count). The minimum Gasteiger partial charge on any atom is -0.494 e. The molecule has 0 radical (unpaired) electrons. The molecule has 0 unspecified atom stereocenters. The fourth-order valence-corrected chi connectivity index (χ4v) is 2.75. The van der Waals surface area contributed by atoms with Crippen molar-refractivity contribution in [3.63, 3.8) is 0 Å². The lowest BCUT2D eigenvalue weighted by atomic mass is 10.1. The number of fused-ring (bicyclic) bond motifs is 1. The summed E-state index contributed by atoms with van der Waals surface area (Å²) in [6.07, 6.45) is 7.75. The predicted octanol–water partition coefficient (Wildman–Crippen LogP) is 5.95. The fourth-order valence-electron chi connectivity index (χ4n) is 2.35. The maximum absolute atomic E-state index is 5.83. The Labute approximate surface area is 130 Å². The maximum atomic E-state index is 5.83. The fraction of sp³-hybridized carbons (Fsp3) is 0.444. The molecule has 0 aromatic heterocycles. The molecule has 0 N–H and O–H groups in total. The van der Waals surface area contributed by atoms with Crippen LogP contribution in [0.5, 0.6) is 5.75 Å². The van der Waals surface area contributed by atoms with Crippen LogP contribution in [-0.4, -0.2) is 11.9 Å². The number of hydrogen-bond donors (Lipinski definition) is 0. The van der Waals surface area contributed by atoms with Crippen LogP contribution >= 0.6 is 15.9 Å². The van der Waals surface area contributed by atoms with Crippen molar-refractivity contribution in [2.75, 3.05) is 11.9 Å². The van der Waals surface area contributed by atoms with E-state index < -0.39 is 0 Å². The molecule has 2 aromatic carbocycles. The van der Waals surface area contributed by atoms with Crippen molar-refractivity contribution in [1.82, 2.24) is 0 Å². The summed E-state index contributed by atoms with van der Waals surface area (Å²) >= 11 is 3.47. The van der Waals surface area contributed by atoms with Crippen molar-refractivity contribution in [3.05, 3.63) is 42.5 Å². The normalized spacial score (nSPS) is 10.8. The Morgan fingerprint density at radius 1 is 0.750 bits per heavy atom. The number of alkyl halides is 1. The minimum atomic E-state index is 0.830. The Morgan fingerprint density at radius 2 is 1.45 bits per heavy atom. The van der Waals surface area contributed by atoms with E-state index in [4.69, 9.17) is 4.74 Å². The lowest BCUT2D eigenvalue weighted by molar-refractivity contribution is 0.305. The van der Waals surface area contributed by atoms with Gasteiger partial charge in [-0.05, 0) is 35.7 Å². The van der Waals surface area contributed by atoms with Gasteiger partial charge in [0, 0.05) is 5.33 Å². The van der Waals surface area contributed by atoms with Crippen molar-refractivity contribution in [2.45, 2.75) is 38.5 Å². The third-order valence-corrected chi connectivity index (χ3v) is 4.08. The van der Waals surface area contributed by atoms with E-state index in [2.05, 4.69) is 58.4 Å². The molecular formula is C18H23BrO. The molecule has 2 aromatic rings. The second-order valence-corrected chi connectivity index (χ2v) is 5.96. The Kier molecular flexibility index (Phi) is 6.93. The highest BCUT2D eigenvalue weighted by molar-refractivity contribution is 9.09. The van der Waals surface area contributed by atoms with Crippen molar-refractivity contribution >= 4 is 26.7 Å². The molecule has 0 bridgehead atoms. The van der Waals surface area contributed by atoms with Crippen molar-refractivity contribution in [2.24, 2.45) is 0 Å². The molecule has 0 amide bonds. The van der Waals surface area contributed by atoms with Crippen LogP contribution in [-0.2, 0) is 0 Å². The number of unbranched alkanes of at least 4 members (excludes halogenated alkanes) is 5. The lowest BCUT2D eigenvalue weighted by Gasteiger charge is -2.07. The van der Waals surface area contributed by atoms with Gasteiger partial charge in [0.1, 0.15) is 5.75 Å². The zero-order chi connectivity index (χ0) is 14.0. The van der Waals surface area contributed by atoms with E-state index in [-0.39, 0.29) is 0 Å². The molecule has 0 aliphatic carbocycles. The van der Waals surface area contributed by atoms with Gasteiger partial charge in [-0.15, -0.1) is 0 Å². The lowest BCUT2D eigenvalue weighted by Crippen LogP contribution is -1.97. The molecule has 2 heteroatoms. The summed E-state index contributed by atoms with van der Waals surface area (Å²) in [5.41, 5.74) is 0. The van der Waals surface area contributed by atoms with Gasteiger partial charge in [0.15, 0.2) is 0 Å². The smallest absolute Gasteiger partial charge is 0.119 e. The monoisotopic (exact) mass is 334 g/mol. The summed E-state index contributed by atoms with van der Waals surface area (Å²) in [5, 5.41) is 3.66. The van der Waals surface area contributed by atoms with Crippen LogP contribution in [0.15, 0.2) is 42.5 Å². The number of ether oxygens (including phenoxy) is 1. The summed E-state index contributed by atoms with van der Waals surface area (Å²) in [7, 11) is 0. The van der Waals surface area contributed by atoms with Crippen LogP contribution in [0.2, 0.25) is 0 Å². The van der Waals surface area contributed by atoms with Crippen molar-refractivity contribution < 1.29 is 4.74 Å². The quantitative estimate of drug-likeness (QED) is 0.406. The van der Waals surface area contributed by atoms with Crippen LogP contribution in [0, 0.1) is 0 Å². The molecule has 0 saturated carbocycles. The minimum absolute atomic E-state index is 0.830. The Hall–Kier alpha value is -1.02. The third-order valence-electron chi connectivity index (χ3n) is 3.52. The van der Waals surface area contributed by atoms with E-state index in [1.54, 1.807) is 0 Å². The molecule has 1 nitrogen and oxygen atoms in total. The zero-order valence-corrected chi connectivity index (χ0v) is 13.6. The predicted molar refractivity (Wildman–Crippen MR) is 90.9 cm³/mol. The number of benzene rings is 2. The van der Waals surface area contributed by atoms with Gasteiger partial charge in [0.25, 0.3) is 0 Å². The average molecular weight is 335 g/mol. The van der Waals surface area contributed by atoms with Gasteiger partial charge in [0.05, 0.1) is 6.61 Å². The molecule has 0 fully saturated rings. The highest BCUT2D eigenvalue weighted by Gasteiger charge is 1.97. The van der Waals surface area contributed by atoms with E-state index in [0.717, 1.165) is 24.1 Å². The van der Waals surface area contributed by atoms with Gasteiger partial charge in [-0.25, -0.2) is 0 Å². The highest BCUT2D eigenvalue weighted by atomic mass is 79.9. The van der Waals surface area contributed by atoms with Gasteiger partial charge in [-0.1, -0.05) is 71.9 Å². The first-order valence-corrected chi connectivity index (χ1v) is 8.70. The van der Waals surface area contributed by atoms with Gasteiger partial charge >= 0.3 is 0 Å². The molecule has 0 atom stereocenters. The number of rotatable bonds is 9. The van der Waals surface area contributed by atoms with Crippen molar-refractivity contribution in [1.29, 1.82) is 0 Å². The van der Waals surface area contributed by atoms with E-state index in [1.807, 2.05) is 0 Å². The van der Waals surface area contributed by atoms with Crippen LogP contribution in [0.25, 0.3) is 10.8 Å². The average Bonchev–Trinajstić information content (AvgIpc) is 2.50. The molecular weight excluding hydrogens is 312 g/mol. The Balaban J connectivity index is 1.65. The first-order valence-electron chi connectivity index (χ1n) is 7.58. The van der Waals surface area contributed by atoms with E-state index in [1.165, 1.54) is 42.9 Å². The standard InChI is InChI=1S/C18H23BrO/c19-13-7-3-1-2-4-8-14-20-18-12-11-16-9-5-6-10-17(16)15-18/h5-6,9-12,15H,1-4,7-8,13-14H2. The summed E-state index contributed by atoms with van der Waals surface area (Å²) in [5.74, 6) is 0.989. The topological polar surface area (TPSA) is 9.23 Å². The van der Waals surface area contributed by atoms with Crippen LogP contribution in [0.4, 0.5) is 0 Å². The summed E-state index contributed by atoms with van der Waals surface area (Å²) in [6.45, 7) is 0.830. The molecule has 0 heterocycles. The molecule has 108 valence electrons. The van der Waals surface area contributed by atoms with Crippen LogP contribution in [0.3, 0.4) is 0 Å². The van der Waals surface area contributed by atoms with Gasteiger partial charge < -0.3 is 4.74 Å². The Bertz CT molecular complexity index is 509. The molecule has 20 heavy (non-hydrogen) atoms. The molecule has 0 aliphatic heterocycles. The van der Waals surface area contributed by atoms with Crippen molar-refractivity contribution in [3.8, 4) is 5.75 Å². The molecule has 0 aliphatic rings. The number of halogens is 1. The molecule has 0 saturated heterocycles. The SMILES string of the molecule is BrCCCCCCCCOc1ccc2ccccc2c1. The second kappa shape index (κ2) is 9.02. The second-order valence-electron chi connectivity index (χ2n) is 5.17. The number of hydrogen-bond acceptors (Lipinski definition) is 1. The first-order chi connectivity index (χ1) is 9.90. The summed E-state index contributed by atoms with van der Waals surface area (Å²) in [4.78, 5) is 0. The highest BCUT2D eigenvalue weighted by Crippen LogP contribution is 2.20. The van der Waals surface area contributed by atoms with E-state index in [9.17, 15) is 0 Å².